The SMILES string of the molecule is CC(C)N(C(=O)CSc1nnc(-c2ccccc2F)n1N)c1ccccc1. The van der Waals surface area contributed by atoms with Crippen molar-refractivity contribution in [2.45, 2.75) is 25.0 Å². The van der Waals surface area contributed by atoms with Crippen LogP contribution in [0.15, 0.2) is 59.8 Å². The number of rotatable bonds is 6. The number of anilines is 1. The molecule has 0 saturated heterocycles. The van der Waals surface area contributed by atoms with E-state index in [1.807, 2.05) is 44.2 Å². The van der Waals surface area contributed by atoms with E-state index >= 15 is 0 Å². The lowest BCUT2D eigenvalue weighted by molar-refractivity contribution is -0.116. The molecule has 6 nitrogen and oxygen atoms in total. The predicted molar refractivity (Wildman–Crippen MR) is 105 cm³/mol. The van der Waals surface area contributed by atoms with Crippen molar-refractivity contribution in [3.63, 3.8) is 0 Å². The minimum atomic E-state index is -0.431. The summed E-state index contributed by atoms with van der Waals surface area (Å²) >= 11 is 1.17. The number of hydrogen-bond acceptors (Lipinski definition) is 5. The topological polar surface area (TPSA) is 77.0 Å². The first-order valence-electron chi connectivity index (χ1n) is 8.44. The molecule has 1 heterocycles. The van der Waals surface area contributed by atoms with Gasteiger partial charge in [-0.2, -0.15) is 0 Å². The highest BCUT2D eigenvalue weighted by Gasteiger charge is 2.21. The van der Waals surface area contributed by atoms with Crippen molar-refractivity contribution >= 4 is 23.4 Å². The number of thioether (sulfide) groups is 1. The number of carbonyl (C=O) groups excluding carboxylic acids is 1. The largest absolute Gasteiger partial charge is 0.335 e. The van der Waals surface area contributed by atoms with E-state index in [1.165, 1.54) is 22.5 Å². The lowest BCUT2D eigenvalue weighted by atomic mass is 10.2. The molecule has 1 amide bonds. The van der Waals surface area contributed by atoms with E-state index in [0.29, 0.717) is 5.16 Å². The molecule has 1 aromatic heterocycles. The second kappa shape index (κ2) is 8.22. The van der Waals surface area contributed by atoms with Gasteiger partial charge in [0.1, 0.15) is 5.82 Å². The Balaban J connectivity index is 1.75. The molecule has 3 aromatic rings. The average Bonchev–Trinajstić information content (AvgIpc) is 3.01. The van der Waals surface area contributed by atoms with Crippen LogP contribution in [0.5, 0.6) is 0 Å². The van der Waals surface area contributed by atoms with Crippen molar-refractivity contribution in [1.29, 1.82) is 0 Å². The third-order valence-electron chi connectivity index (χ3n) is 3.92. The number of amides is 1. The number of nitrogens with zero attached hydrogens (tertiary/aromatic N) is 4. The monoisotopic (exact) mass is 385 g/mol. The third-order valence-corrected chi connectivity index (χ3v) is 4.85. The molecule has 0 spiro atoms. The molecular formula is C19H20FN5OS. The van der Waals surface area contributed by atoms with Crippen LogP contribution < -0.4 is 10.7 Å². The van der Waals surface area contributed by atoms with Crippen molar-refractivity contribution in [1.82, 2.24) is 14.9 Å². The third kappa shape index (κ3) is 4.11. The Bertz CT molecular complexity index is 929. The van der Waals surface area contributed by atoms with E-state index in [-0.39, 0.29) is 29.1 Å². The molecule has 0 aliphatic carbocycles. The van der Waals surface area contributed by atoms with Gasteiger partial charge in [-0.1, -0.05) is 42.1 Å². The van der Waals surface area contributed by atoms with Gasteiger partial charge in [-0.3, -0.25) is 4.79 Å². The van der Waals surface area contributed by atoms with Gasteiger partial charge >= 0.3 is 0 Å². The van der Waals surface area contributed by atoms with Crippen molar-refractivity contribution < 1.29 is 9.18 Å². The number of nitrogens with two attached hydrogens (primary N) is 1. The van der Waals surface area contributed by atoms with E-state index in [2.05, 4.69) is 10.2 Å². The van der Waals surface area contributed by atoms with Gasteiger partial charge in [0.15, 0.2) is 5.82 Å². The van der Waals surface area contributed by atoms with Crippen LogP contribution in [0.4, 0.5) is 10.1 Å². The highest BCUT2D eigenvalue weighted by atomic mass is 32.2. The highest BCUT2D eigenvalue weighted by Crippen LogP contribution is 2.25. The molecule has 27 heavy (non-hydrogen) atoms. The molecule has 0 unspecified atom stereocenters. The molecule has 8 heteroatoms. The summed E-state index contributed by atoms with van der Waals surface area (Å²) in [6, 6.07) is 15.7. The molecule has 140 valence electrons. The van der Waals surface area contributed by atoms with Gasteiger partial charge in [0.25, 0.3) is 0 Å². The number of nitrogen functional groups attached to an aromatic ring is 1. The van der Waals surface area contributed by atoms with Gasteiger partial charge in [0.2, 0.25) is 11.1 Å². The zero-order valence-electron chi connectivity index (χ0n) is 15.0. The summed E-state index contributed by atoms with van der Waals surface area (Å²) in [5.74, 6) is 5.87. The first-order valence-corrected chi connectivity index (χ1v) is 9.43. The van der Waals surface area contributed by atoms with Crippen molar-refractivity contribution in [3.8, 4) is 11.4 Å². The molecular weight excluding hydrogens is 365 g/mol. The molecule has 0 aliphatic heterocycles. The number of hydrogen-bond donors (Lipinski definition) is 1. The van der Waals surface area contributed by atoms with Crippen molar-refractivity contribution in [2.24, 2.45) is 0 Å². The zero-order chi connectivity index (χ0) is 19.4. The summed E-state index contributed by atoms with van der Waals surface area (Å²) in [4.78, 5) is 14.5. The number of benzene rings is 2. The van der Waals surface area contributed by atoms with Gasteiger partial charge in [0, 0.05) is 11.7 Å². The molecule has 0 aliphatic rings. The first kappa shape index (κ1) is 18.9. The van der Waals surface area contributed by atoms with Crippen LogP contribution in [0.1, 0.15) is 13.8 Å². The Hall–Kier alpha value is -2.87. The maximum Gasteiger partial charge on any atom is 0.237 e. The molecule has 0 saturated carbocycles. The fourth-order valence-electron chi connectivity index (χ4n) is 2.72. The van der Waals surface area contributed by atoms with Crippen LogP contribution in [-0.2, 0) is 4.79 Å². The maximum absolute atomic E-state index is 14.0. The minimum absolute atomic E-state index is 0.00484. The molecule has 0 radical (unpaired) electrons. The second-order valence-electron chi connectivity index (χ2n) is 6.14. The minimum Gasteiger partial charge on any atom is -0.335 e. The molecule has 0 fully saturated rings. The Labute approximate surface area is 161 Å². The summed E-state index contributed by atoms with van der Waals surface area (Å²) in [7, 11) is 0. The average molecular weight is 385 g/mol. The molecule has 2 N–H and O–H groups in total. The van der Waals surface area contributed by atoms with E-state index in [0.717, 1.165) is 5.69 Å². The Morgan fingerprint density at radius 2 is 1.81 bits per heavy atom. The summed E-state index contributed by atoms with van der Waals surface area (Å²) in [6.07, 6.45) is 0. The predicted octanol–water partition coefficient (Wildman–Crippen LogP) is 3.33. The summed E-state index contributed by atoms with van der Waals surface area (Å²) < 4.78 is 15.2. The van der Waals surface area contributed by atoms with Crippen molar-refractivity contribution in [3.05, 3.63) is 60.4 Å². The van der Waals surface area contributed by atoms with Gasteiger partial charge in [-0.05, 0) is 38.1 Å². The van der Waals surface area contributed by atoms with E-state index in [1.54, 1.807) is 23.1 Å². The van der Waals surface area contributed by atoms with Gasteiger partial charge in [-0.15, -0.1) is 10.2 Å². The number of aromatic nitrogens is 3. The molecule has 0 bridgehead atoms. The lowest BCUT2D eigenvalue weighted by Gasteiger charge is -2.26. The normalized spacial score (nSPS) is 11.0. The van der Waals surface area contributed by atoms with Crippen LogP contribution in [0.3, 0.4) is 0 Å². The fourth-order valence-corrected chi connectivity index (χ4v) is 3.43. The van der Waals surface area contributed by atoms with Crippen LogP contribution >= 0.6 is 11.8 Å². The quantitative estimate of drug-likeness (QED) is 0.520. The Morgan fingerprint density at radius 1 is 1.15 bits per heavy atom. The summed E-state index contributed by atoms with van der Waals surface area (Å²) in [5.41, 5.74) is 1.10. The summed E-state index contributed by atoms with van der Waals surface area (Å²) in [6.45, 7) is 3.91. The van der Waals surface area contributed by atoms with Crippen LogP contribution in [0, 0.1) is 5.82 Å². The van der Waals surface area contributed by atoms with E-state index in [4.69, 9.17) is 5.84 Å². The number of halogens is 1. The van der Waals surface area contributed by atoms with Crippen LogP contribution in [0.25, 0.3) is 11.4 Å². The number of carbonyl (C=O) groups is 1. The van der Waals surface area contributed by atoms with Crippen LogP contribution in [0.2, 0.25) is 0 Å². The summed E-state index contributed by atoms with van der Waals surface area (Å²) in [5, 5.41) is 8.31. The van der Waals surface area contributed by atoms with E-state index in [9.17, 15) is 9.18 Å². The van der Waals surface area contributed by atoms with Gasteiger partial charge < -0.3 is 10.7 Å². The second-order valence-corrected chi connectivity index (χ2v) is 7.08. The smallest absolute Gasteiger partial charge is 0.237 e. The van der Waals surface area contributed by atoms with E-state index < -0.39 is 5.82 Å². The maximum atomic E-state index is 14.0. The Kier molecular flexibility index (Phi) is 5.75. The van der Waals surface area contributed by atoms with Crippen LogP contribution in [-0.4, -0.2) is 32.6 Å². The van der Waals surface area contributed by atoms with Gasteiger partial charge in [0.05, 0.1) is 11.3 Å². The standard InChI is InChI=1S/C19H20FN5OS/c1-13(2)24(14-8-4-3-5-9-14)17(26)12-27-19-23-22-18(25(19)21)15-10-6-7-11-16(15)20/h3-11,13H,12,21H2,1-2H3. The lowest BCUT2D eigenvalue weighted by Crippen LogP contribution is -2.38. The number of para-hydroxylation sites is 1. The highest BCUT2D eigenvalue weighted by molar-refractivity contribution is 7.99. The first-order chi connectivity index (χ1) is 13.0. The molecule has 0 atom stereocenters. The molecule has 2 aromatic carbocycles. The molecule has 3 rings (SSSR count). The van der Waals surface area contributed by atoms with Crippen molar-refractivity contribution in [2.75, 3.05) is 16.5 Å². The Morgan fingerprint density at radius 3 is 2.48 bits per heavy atom. The fraction of sp³-hybridized carbons (Fsp3) is 0.211. The zero-order valence-corrected chi connectivity index (χ0v) is 15.9. The van der Waals surface area contributed by atoms with Gasteiger partial charge in [-0.25, -0.2) is 9.07 Å².